The molecule has 2 aliphatic carbocycles. The number of carbonyl (C=O) groups is 1. The van der Waals surface area contributed by atoms with Gasteiger partial charge in [0.05, 0.1) is 24.4 Å². The molecule has 1 aliphatic heterocycles. The van der Waals surface area contributed by atoms with Crippen molar-refractivity contribution in [2.75, 3.05) is 7.11 Å². The Morgan fingerprint density at radius 3 is 2.89 bits per heavy atom. The van der Waals surface area contributed by atoms with Crippen molar-refractivity contribution in [2.24, 2.45) is 4.99 Å². The molecule has 27 heavy (non-hydrogen) atoms. The second kappa shape index (κ2) is 6.39. The van der Waals surface area contributed by atoms with E-state index in [1.807, 2.05) is 36.4 Å². The molecule has 1 atom stereocenters. The predicted molar refractivity (Wildman–Crippen MR) is 109 cm³/mol. The number of ketones is 1. The van der Waals surface area contributed by atoms with Crippen LogP contribution in [0.25, 0.3) is 0 Å². The number of aliphatic imine (C=N–C) groups is 1. The lowest BCUT2D eigenvalue weighted by molar-refractivity contribution is -0.115. The molecule has 5 rings (SSSR count). The Balaban J connectivity index is 1.67. The van der Waals surface area contributed by atoms with Crippen LogP contribution in [-0.2, 0) is 11.2 Å². The molecule has 3 aliphatic rings. The second-order valence-corrected chi connectivity index (χ2v) is 7.66. The van der Waals surface area contributed by atoms with Gasteiger partial charge in [0.2, 0.25) is 0 Å². The van der Waals surface area contributed by atoms with Gasteiger partial charge in [0, 0.05) is 16.9 Å². The zero-order chi connectivity index (χ0) is 18.4. The van der Waals surface area contributed by atoms with Crippen LogP contribution in [-0.4, -0.2) is 18.6 Å². The summed E-state index contributed by atoms with van der Waals surface area (Å²) in [5.74, 6) is 0.401. The molecule has 0 N–H and O–H groups in total. The van der Waals surface area contributed by atoms with E-state index in [4.69, 9.17) is 9.73 Å². The molecule has 3 nitrogen and oxygen atoms in total. The van der Waals surface area contributed by atoms with Crippen LogP contribution < -0.4 is 4.74 Å². The van der Waals surface area contributed by atoms with Crippen LogP contribution in [0.3, 0.4) is 0 Å². The monoisotopic (exact) mass is 371 g/mol. The van der Waals surface area contributed by atoms with E-state index in [0.717, 1.165) is 34.0 Å². The predicted octanol–water partition coefficient (Wildman–Crippen LogP) is 4.81. The number of ether oxygens (including phenoxy) is 1. The highest BCUT2D eigenvalue weighted by Gasteiger charge is 2.33. The number of hydrogen-bond acceptors (Lipinski definition) is 4. The number of nitrogens with zero attached hydrogens (tertiary/aromatic N) is 1. The van der Waals surface area contributed by atoms with Crippen molar-refractivity contribution in [3.8, 4) is 5.75 Å². The first-order valence-corrected chi connectivity index (χ1v) is 9.75. The van der Waals surface area contributed by atoms with Crippen molar-refractivity contribution in [1.29, 1.82) is 0 Å². The molecular formula is C23H17NO2S. The zero-order valence-corrected chi connectivity index (χ0v) is 15.6. The normalized spacial score (nSPS) is 20.3. The summed E-state index contributed by atoms with van der Waals surface area (Å²) in [6.45, 7) is 0. The number of hydrogen-bond donors (Lipinski definition) is 0. The summed E-state index contributed by atoms with van der Waals surface area (Å²) >= 11 is 1.66. The molecule has 0 saturated heterocycles. The first-order valence-electron chi connectivity index (χ1n) is 8.87. The molecule has 1 unspecified atom stereocenters. The van der Waals surface area contributed by atoms with Crippen LogP contribution in [0.15, 0.2) is 87.3 Å². The van der Waals surface area contributed by atoms with Crippen LogP contribution in [0, 0.1) is 0 Å². The van der Waals surface area contributed by atoms with E-state index < -0.39 is 5.92 Å². The van der Waals surface area contributed by atoms with Crippen LogP contribution in [0.1, 0.15) is 22.6 Å². The maximum atomic E-state index is 12.8. The Kier molecular flexibility index (Phi) is 3.87. The summed E-state index contributed by atoms with van der Waals surface area (Å²) in [5.41, 5.74) is 6.43. The number of thioether (sulfide) groups is 1. The van der Waals surface area contributed by atoms with Gasteiger partial charge in [0.1, 0.15) is 5.75 Å². The van der Waals surface area contributed by atoms with Gasteiger partial charge in [0.15, 0.2) is 5.78 Å². The van der Waals surface area contributed by atoms with Gasteiger partial charge in [-0.05, 0) is 46.4 Å². The minimum absolute atomic E-state index is 0.0571. The quantitative estimate of drug-likeness (QED) is 0.761. The van der Waals surface area contributed by atoms with E-state index in [1.165, 1.54) is 16.7 Å². The van der Waals surface area contributed by atoms with Gasteiger partial charge in [-0.25, -0.2) is 0 Å². The number of fused-ring (bicyclic) bond motifs is 3. The average Bonchev–Trinajstić information content (AvgIpc) is 2.94. The van der Waals surface area contributed by atoms with Crippen LogP contribution >= 0.6 is 11.8 Å². The molecule has 0 amide bonds. The SMILES string of the molecule is COc1cccc(C2C(=O)C=CC3=C2N=C2C(=CS3)Cc3ccccc32)c1. The number of methoxy groups -OCH3 is 1. The topological polar surface area (TPSA) is 38.7 Å². The fourth-order valence-corrected chi connectivity index (χ4v) is 4.73. The zero-order valence-electron chi connectivity index (χ0n) is 14.8. The van der Waals surface area contributed by atoms with Gasteiger partial charge in [-0.3, -0.25) is 9.79 Å². The Labute approximate surface area is 162 Å². The number of allylic oxidation sites excluding steroid dienone is 4. The number of rotatable bonds is 2. The summed E-state index contributed by atoms with van der Waals surface area (Å²) in [4.78, 5) is 18.9. The van der Waals surface area contributed by atoms with Gasteiger partial charge >= 0.3 is 0 Å². The molecule has 0 spiro atoms. The fourth-order valence-electron chi connectivity index (χ4n) is 3.83. The van der Waals surface area contributed by atoms with E-state index in [9.17, 15) is 4.79 Å². The molecule has 1 heterocycles. The Hall–Kier alpha value is -2.85. The van der Waals surface area contributed by atoms with Crippen molar-refractivity contribution in [3.63, 3.8) is 0 Å². The molecule has 2 aromatic rings. The van der Waals surface area contributed by atoms with Crippen molar-refractivity contribution in [1.82, 2.24) is 0 Å². The lowest BCUT2D eigenvalue weighted by Crippen LogP contribution is -2.17. The van der Waals surface area contributed by atoms with Gasteiger partial charge in [-0.1, -0.05) is 48.2 Å². The van der Waals surface area contributed by atoms with Gasteiger partial charge < -0.3 is 4.74 Å². The van der Waals surface area contributed by atoms with Gasteiger partial charge in [-0.2, -0.15) is 0 Å². The highest BCUT2D eigenvalue weighted by molar-refractivity contribution is 8.06. The Morgan fingerprint density at radius 1 is 1.11 bits per heavy atom. The van der Waals surface area contributed by atoms with E-state index >= 15 is 0 Å². The van der Waals surface area contributed by atoms with Crippen molar-refractivity contribution in [2.45, 2.75) is 12.3 Å². The van der Waals surface area contributed by atoms with Crippen LogP contribution in [0.5, 0.6) is 5.75 Å². The summed E-state index contributed by atoms with van der Waals surface area (Å²) in [7, 11) is 1.64. The maximum absolute atomic E-state index is 12.8. The van der Waals surface area contributed by atoms with Crippen molar-refractivity contribution >= 4 is 23.3 Å². The van der Waals surface area contributed by atoms with Crippen LogP contribution in [0.2, 0.25) is 0 Å². The Bertz CT molecular complexity index is 1090. The minimum Gasteiger partial charge on any atom is -0.497 e. The maximum Gasteiger partial charge on any atom is 0.169 e. The molecule has 0 saturated carbocycles. The van der Waals surface area contributed by atoms with E-state index in [0.29, 0.717) is 0 Å². The number of benzene rings is 2. The second-order valence-electron chi connectivity index (χ2n) is 6.75. The highest BCUT2D eigenvalue weighted by Crippen LogP contribution is 2.43. The third-order valence-corrected chi connectivity index (χ3v) is 6.16. The average molecular weight is 371 g/mol. The highest BCUT2D eigenvalue weighted by atomic mass is 32.2. The summed E-state index contributed by atoms with van der Waals surface area (Å²) in [6.07, 6.45) is 4.46. The summed E-state index contributed by atoms with van der Waals surface area (Å²) in [6, 6.07) is 16.1. The third kappa shape index (κ3) is 2.68. The molecule has 2 aromatic carbocycles. The molecule has 0 fully saturated rings. The van der Waals surface area contributed by atoms with Crippen LogP contribution in [0.4, 0.5) is 0 Å². The summed E-state index contributed by atoms with van der Waals surface area (Å²) in [5, 5.41) is 2.18. The molecular weight excluding hydrogens is 354 g/mol. The smallest absolute Gasteiger partial charge is 0.169 e. The van der Waals surface area contributed by atoms with E-state index in [2.05, 4.69) is 23.6 Å². The lowest BCUT2D eigenvalue weighted by atomic mass is 9.88. The lowest BCUT2D eigenvalue weighted by Gasteiger charge is -2.21. The molecule has 0 radical (unpaired) electrons. The molecule has 132 valence electrons. The van der Waals surface area contributed by atoms with E-state index in [-0.39, 0.29) is 5.78 Å². The van der Waals surface area contributed by atoms with Gasteiger partial charge in [0.25, 0.3) is 0 Å². The first kappa shape index (κ1) is 16.3. The standard InChI is InChI=1S/C23H17NO2S/c1-26-17-7-4-6-15(12-17)21-19(25)9-10-20-23(21)24-22-16(13-27-20)11-14-5-2-3-8-18(14)22/h2-10,12-13,21H,11H2,1H3. The minimum atomic E-state index is -0.402. The largest absolute Gasteiger partial charge is 0.497 e. The fraction of sp³-hybridized carbons (Fsp3) is 0.130. The van der Waals surface area contributed by atoms with Crippen molar-refractivity contribution < 1.29 is 9.53 Å². The van der Waals surface area contributed by atoms with E-state index in [1.54, 1.807) is 24.9 Å². The third-order valence-electron chi connectivity index (χ3n) is 5.15. The van der Waals surface area contributed by atoms with Gasteiger partial charge in [-0.15, -0.1) is 0 Å². The molecule has 4 heteroatoms. The first-order chi connectivity index (χ1) is 13.2. The number of carbonyl (C=O) groups excluding carboxylic acids is 1. The molecule has 0 aromatic heterocycles. The summed E-state index contributed by atoms with van der Waals surface area (Å²) < 4.78 is 5.36. The molecule has 0 bridgehead atoms. The van der Waals surface area contributed by atoms with Crippen molar-refractivity contribution in [3.05, 3.63) is 99.0 Å². The Morgan fingerprint density at radius 2 is 2.00 bits per heavy atom.